The number of benzene rings is 1. The molecular formula is C13H19FIN. The lowest BCUT2D eigenvalue weighted by Gasteiger charge is -2.05. The molecule has 0 spiro atoms. The summed E-state index contributed by atoms with van der Waals surface area (Å²) in [5, 5.41) is 3.28. The number of nitrogens with one attached hydrogen (secondary N) is 1. The van der Waals surface area contributed by atoms with Crippen LogP contribution in [0.2, 0.25) is 0 Å². The van der Waals surface area contributed by atoms with E-state index in [-0.39, 0.29) is 5.82 Å². The molecule has 0 saturated carbocycles. The Morgan fingerprint density at radius 3 is 2.56 bits per heavy atom. The van der Waals surface area contributed by atoms with E-state index in [1.807, 2.05) is 12.1 Å². The van der Waals surface area contributed by atoms with Crippen LogP contribution in [0, 0.1) is 5.82 Å². The summed E-state index contributed by atoms with van der Waals surface area (Å²) in [4.78, 5) is 0. The van der Waals surface area contributed by atoms with Gasteiger partial charge in [0.25, 0.3) is 0 Å². The maximum Gasteiger partial charge on any atom is 0.127 e. The molecule has 16 heavy (non-hydrogen) atoms. The van der Waals surface area contributed by atoms with E-state index in [1.54, 1.807) is 6.07 Å². The van der Waals surface area contributed by atoms with Crippen molar-refractivity contribution in [1.29, 1.82) is 0 Å². The number of unbranched alkanes of at least 4 members (excludes halogenated alkanes) is 3. The van der Waals surface area contributed by atoms with Crippen molar-refractivity contribution in [2.75, 3.05) is 11.0 Å². The maximum absolute atomic E-state index is 13.2. The second-order valence-electron chi connectivity index (χ2n) is 3.87. The average Bonchev–Trinajstić information content (AvgIpc) is 2.30. The summed E-state index contributed by atoms with van der Waals surface area (Å²) in [6, 6.07) is 6.94. The summed E-state index contributed by atoms with van der Waals surface area (Å²) in [6.45, 7) is 1.62. The highest BCUT2D eigenvalue weighted by Gasteiger charge is 1.98. The molecule has 0 amide bonds. The summed E-state index contributed by atoms with van der Waals surface area (Å²) in [5.41, 5.74) is 0.759. The summed E-state index contributed by atoms with van der Waals surface area (Å²) >= 11 is 2.41. The fourth-order valence-corrected chi connectivity index (χ4v) is 2.10. The van der Waals surface area contributed by atoms with Gasteiger partial charge in [-0.3, -0.25) is 0 Å². The summed E-state index contributed by atoms with van der Waals surface area (Å²) in [5.74, 6) is -0.111. The molecule has 0 radical (unpaired) electrons. The molecule has 0 heterocycles. The Bertz CT molecular complexity index is 291. The molecular weight excluding hydrogens is 316 g/mol. The van der Waals surface area contributed by atoms with E-state index in [0.29, 0.717) is 6.54 Å². The van der Waals surface area contributed by atoms with Crippen LogP contribution in [-0.2, 0) is 6.54 Å². The third-order valence-corrected chi connectivity index (χ3v) is 3.27. The third-order valence-electron chi connectivity index (χ3n) is 2.51. The molecule has 1 nitrogen and oxygen atoms in total. The van der Waals surface area contributed by atoms with Crippen LogP contribution in [0.3, 0.4) is 0 Å². The predicted molar refractivity (Wildman–Crippen MR) is 75.5 cm³/mol. The highest BCUT2D eigenvalue weighted by Crippen LogP contribution is 2.06. The molecule has 3 heteroatoms. The van der Waals surface area contributed by atoms with Crippen molar-refractivity contribution >= 4 is 22.6 Å². The van der Waals surface area contributed by atoms with Gasteiger partial charge in [-0.05, 0) is 29.9 Å². The topological polar surface area (TPSA) is 12.0 Å². The first-order chi connectivity index (χ1) is 7.84. The number of hydrogen-bond donors (Lipinski definition) is 1. The minimum absolute atomic E-state index is 0.111. The van der Waals surface area contributed by atoms with Crippen LogP contribution < -0.4 is 5.32 Å². The van der Waals surface area contributed by atoms with Crippen molar-refractivity contribution in [1.82, 2.24) is 5.32 Å². The van der Waals surface area contributed by atoms with Gasteiger partial charge in [-0.25, -0.2) is 4.39 Å². The second-order valence-corrected chi connectivity index (χ2v) is 4.95. The zero-order valence-electron chi connectivity index (χ0n) is 9.52. The average molecular weight is 335 g/mol. The van der Waals surface area contributed by atoms with Crippen LogP contribution >= 0.6 is 22.6 Å². The largest absolute Gasteiger partial charge is 0.313 e. The van der Waals surface area contributed by atoms with E-state index in [1.165, 1.54) is 36.2 Å². The zero-order chi connectivity index (χ0) is 11.6. The molecule has 0 unspecified atom stereocenters. The summed E-state index contributed by atoms with van der Waals surface area (Å²) < 4.78 is 14.5. The van der Waals surface area contributed by atoms with Crippen molar-refractivity contribution in [2.24, 2.45) is 0 Å². The van der Waals surface area contributed by atoms with Gasteiger partial charge in [0, 0.05) is 12.1 Å². The smallest absolute Gasteiger partial charge is 0.127 e. The summed E-state index contributed by atoms with van der Waals surface area (Å²) in [6.07, 6.45) is 5.08. The highest BCUT2D eigenvalue weighted by molar-refractivity contribution is 14.1. The van der Waals surface area contributed by atoms with Gasteiger partial charge in [0.15, 0.2) is 0 Å². The van der Waals surface area contributed by atoms with E-state index in [4.69, 9.17) is 0 Å². The SMILES string of the molecule is Fc1ccccc1CNCCCCCCI. The van der Waals surface area contributed by atoms with Crippen molar-refractivity contribution < 1.29 is 4.39 Å². The van der Waals surface area contributed by atoms with Crippen molar-refractivity contribution in [3.8, 4) is 0 Å². The Kier molecular flexibility index (Phi) is 7.76. The number of alkyl halides is 1. The minimum Gasteiger partial charge on any atom is -0.313 e. The van der Waals surface area contributed by atoms with Gasteiger partial charge in [0.05, 0.1) is 0 Å². The first-order valence-corrected chi connectivity index (χ1v) is 7.37. The Hall–Kier alpha value is -0.160. The van der Waals surface area contributed by atoms with Crippen molar-refractivity contribution in [2.45, 2.75) is 32.2 Å². The van der Waals surface area contributed by atoms with Gasteiger partial charge in [0.2, 0.25) is 0 Å². The molecule has 0 atom stereocenters. The molecule has 0 bridgehead atoms. The molecule has 1 N–H and O–H groups in total. The first kappa shape index (κ1) is 13.9. The normalized spacial score (nSPS) is 10.6. The molecule has 0 aliphatic rings. The molecule has 0 aliphatic carbocycles. The number of rotatable bonds is 8. The monoisotopic (exact) mass is 335 g/mol. The lowest BCUT2D eigenvalue weighted by atomic mass is 10.2. The molecule has 1 aromatic carbocycles. The van der Waals surface area contributed by atoms with Crippen LogP contribution in [0.4, 0.5) is 4.39 Å². The van der Waals surface area contributed by atoms with Crippen LogP contribution in [0.15, 0.2) is 24.3 Å². The van der Waals surface area contributed by atoms with E-state index >= 15 is 0 Å². The first-order valence-electron chi connectivity index (χ1n) is 5.84. The van der Waals surface area contributed by atoms with E-state index < -0.39 is 0 Å². The van der Waals surface area contributed by atoms with Gasteiger partial charge >= 0.3 is 0 Å². The van der Waals surface area contributed by atoms with Crippen LogP contribution in [0.5, 0.6) is 0 Å². The van der Waals surface area contributed by atoms with E-state index in [0.717, 1.165) is 12.1 Å². The second kappa shape index (κ2) is 8.93. The lowest BCUT2D eigenvalue weighted by molar-refractivity contribution is 0.568. The Morgan fingerprint density at radius 2 is 1.81 bits per heavy atom. The van der Waals surface area contributed by atoms with Crippen LogP contribution in [0.1, 0.15) is 31.2 Å². The lowest BCUT2D eigenvalue weighted by Crippen LogP contribution is -2.15. The van der Waals surface area contributed by atoms with Crippen molar-refractivity contribution in [3.63, 3.8) is 0 Å². The molecule has 1 rings (SSSR count). The molecule has 90 valence electrons. The zero-order valence-corrected chi connectivity index (χ0v) is 11.7. The standard InChI is InChI=1S/C13H19FIN/c14-13-8-4-3-7-12(13)11-16-10-6-2-1-5-9-15/h3-4,7-8,16H,1-2,5-6,9-11H2. The van der Waals surface area contributed by atoms with Gasteiger partial charge in [0.1, 0.15) is 5.82 Å². The Balaban J connectivity index is 2.05. The maximum atomic E-state index is 13.2. The van der Waals surface area contributed by atoms with Crippen LogP contribution in [0.25, 0.3) is 0 Å². The fourth-order valence-electron chi connectivity index (χ4n) is 1.56. The third kappa shape index (κ3) is 5.80. The van der Waals surface area contributed by atoms with Crippen molar-refractivity contribution in [3.05, 3.63) is 35.6 Å². The Morgan fingerprint density at radius 1 is 1.06 bits per heavy atom. The molecule has 0 saturated heterocycles. The summed E-state index contributed by atoms with van der Waals surface area (Å²) in [7, 11) is 0. The molecule has 1 aromatic rings. The minimum atomic E-state index is -0.111. The highest BCUT2D eigenvalue weighted by atomic mass is 127. The van der Waals surface area contributed by atoms with Gasteiger partial charge < -0.3 is 5.32 Å². The van der Waals surface area contributed by atoms with Gasteiger partial charge in [-0.15, -0.1) is 0 Å². The van der Waals surface area contributed by atoms with Gasteiger partial charge in [-0.1, -0.05) is 53.6 Å². The van der Waals surface area contributed by atoms with Crippen LogP contribution in [-0.4, -0.2) is 11.0 Å². The number of halogens is 2. The quantitative estimate of drug-likeness (QED) is 0.431. The predicted octanol–water partition coefficient (Wildman–Crippen LogP) is 3.91. The molecule has 0 fully saturated rings. The van der Waals surface area contributed by atoms with E-state index in [9.17, 15) is 4.39 Å². The van der Waals surface area contributed by atoms with Gasteiger partial charge in [-0.2, -0.15) is 0 Å². The fraction of sp³-hybridized carbons (Fsp3) is 0.538. The molecule has 0 aliphatic heterocycles. The Labute approximate surface area is 111 Å². The number of hydrogen-bond acceptors (Lipinski definition) is 1. The van der Waals surface area contributed by atoms with E-state index in [2.05, 4.69) is 27.9 Å². The molecule has 0 aromatic heterocycles.